The second kappa shape index (κ2) is 6.12. The SMILES string of the molecule is C=CC(=C)CCC1(C)C(CO)CCC2(C)C(C)=CCCC21. The molecule has 0 aromatic carbocycles. The van der Waals surface area contributed by atoms with Crippen molar-refractivity contribution in [3.63, 3.8) is 0 Å². The van der Waals surface area contributed by atoms with Crippen molar-refractivity contribution in [1.82, 2.24) is 0 Å². The maximum absolute atomic E-state index is 9.93. The third-order valence-corrected chi connectivity index (χ3v) is 6.81. The molecule has 4 unspecified atom stereocenters. The van der Waals surface area contributed by atoms with Gasteiger partial charge in [0.15, 0.2) is 0 Å². The van der Waals surface area contributed by atoms with Crippen LogP contribution in [0.2, 0.25) is 0 Å². The zero-order valence-corrected chi connectivity index (χ0v) is 14.1. The van der Waals surface area contributed by atoms with E-state index in [-0.39, 0.29) is 5.41 Å². The molecule has 0 aromatic rings. The first-order valence-corrected chi connectivity index (χ1v) is 8.47. The van der Waals surface area contributed by atoms with Gasteiger partial charge in [0.2, 0.25) is 0 Å². The van der Waals surface area contributed by atoms with Gasteiger partial charge in [-0.2, -0.15) is 0 Å². The molecule has 21 heavy (non-hydrogen) atoms. The van der Waals surface area contributed by atoms with Gasteiger partial charge in [-0.3, -0.25) is 0 Å². The highest BCUT2D eigenvalue weighted by atomic mass is 16.3. The lowest BCUT2D eigenvalue weighted by molar-refractivity contribution is -0.0711. The van der Waals surface area contributed by atoms with E-state index < -0.39 is 0 Å². The van der Waals surface area contributed by atoms with Crippen LogP contribution in [0.15, 0.2) is 36.5 Å². The van der Waals surface area contributed by atoms with Crippen molar-refractivity contribution in [3.8, 4) is 0 Å². The van der Waals surface area contributed by atoms with E-state index >= 15 is 0 Å². The third-order valence-electron chi connectivity index (χ3n) is 6.81. The molecule has 0 radical (unpaired) electrons. The minimum absolute atomic E-state index is 0.212. The molecular formula is C20H32O. The van der Waals surface area contributed by atoms with Gasteiger partial charge in [-0.15, -0.1) is 0 Å². The lowest BCUT2D eigenvalue weighted by atomic mass is 9.46. The molecule has 2 rings (SSSR count). The molecule has 118 valence electrons. The number of hydrogen-bond donors (Lipinski definition) is 1. The Labute approximate surface area is 130 Å². The fourth-order valence-corrected chi connectivity index (χ4v) is 5.02. The summed E-state index contributed by atoms with van der Waals surface area (Å²) in [5.74, 6) is 1.11. The second-order valence-electron chi connectivity index (χ2n) is 7.72. The van der Waals surface area contributed by atoms with Crippen LogP contribution in [-0.4, -0.2) is 11.7 Å². The number of fused-ring (bicyclic) bond motifs is 1. The summed E-state index contributed by atoms with van der Waals surface area (Å²) >= 11 is 0. The Hall–Kier alpha value is -0.820. The van der Waals surface area contributed by atoms with Crippen molar-refractivity contribution in [2.45, 2.75) is 59.3 Å². The summed E-state index contributed by atoms with van der Waals surface area (Å²) in [5.41, 5.74) is 3.24. The van der Waals surface area contributed by atoms with E-state index in [0.717, 1.165) is 24.8 Å². The standard InChI is InChI=1S/C20H32O/c1-6-15(2)10-12-20(5)17(14-21)11-13-19(4)16(3)8-7-9-18(19)20/h6,8,17-18,21H,1-2,7,9-14H2,3-5H3. The molecular weight excluding hydrogens is 256 g/mol. The molecule has 0 spiro atoms. The van der Waals surface area contributed by atoms with Crippen LogP contribution in [0.25, 0.3) is 0 Å². The van der Waals surface area contributed by atoms with E-state index in [1.165, 1.54) is 19.3 Å². The van der Waals surface area contributed by atoms with Gasteiger partial charge in [0, 0.05) is 6.61 Å². The van der Waals surface area contributed by atoms with Gasteiger partial charge in [-0.1, -0.05) is 50.3 Å². The van der Waals surface area contributed by atoms with Crippen LogP contribution in [0.1, 0.15) is 59.3 Å². The van der Waals surface area contributed by atoms with Crippen molar-refractivity contribution in [2.75, 3.05) is 6.61 Å². The van der Waals surface area contributed by atoms with Gasteiger partial charge in [0.05, 0.1) is 0 Å². The minimum Gasteiger partial charge on any atom is -0.396 e. The van der Waals surface area contributed by atoms with Gasteiger partial charge in [0.1, 0.15) is 0 Å². The first-order valence-electron chi connectivity index (χ1n) is 8.47. The molecule has 1 heteroatoms. The molecule has 0 aliphatic heterocycles. The van der Waals surface area contributed by atoms with Crippen LogP contribution < -0.4 is 0 Å². The van der Waals surface area contributed by atoms with Crippen molar-refractivity contribution in [1.29, 1.82) is 0 Å². The number of hydrogen-bond acceptors (Lipinski definition) is 1. The zero-order chi connectivity index (χ0) is 15.7. The highest BCUT2D eigenvalue weighted by molar-refractivity contribution is 5.21. The Balaban J connectivity index is 2.31. The zero-order valence-electron chi connectivity index (χ0n) is 14.1. The van der Waals surface area contributed by atoms with E-state index in [4.69, 9.17) is 0 Å². The molecule has 2 aliphatic rings. The smallest absolute Gasteiger partial charge is 0.0464 e. The van der Waals surface area contributed by atoms with E-state index in [1.54, 1.807) is 5.57 Å². The first kappa shape index (κ1) is 16.5. The summed E-state index contributed by atoms with van der Waals surface area (Å²) in [6.07, 6.45) is 11.3. The summed E-state index contributed by atoms with van der Waals surface area (Å²) in [5, 5.41) is 9.93. The average molecular weight is 288 g/mol. The van der Waals surface area contributed by atoms with Crippen LogP contribution in [-0.2, 0) is 0 Å². The fraction of sp³-hybridized carbons (Fsp3) is 0.700. The molecule has 0 amide bonds. The van der Waals surface area contributed by atoms with Crippen LogP contribution in [0.3, 0.4) is 0 Å². The number of rotatable bonds is 5. The van der Waals surface area contributed by atoms with Crippen LogP contribution >= 0.6 is 0 Å². The summed E-state index contributed by atoms with van der Waals surface area (Å²) in [4.78, 5) is 0. The van der Waals surface area contributed by atoms with Crippen molar-refractivity contribution in [3.05, 3.63) is 36.5 Å². The summed E-state index contributed by atoms with van der Waals surface area (Å²) in [6.45, 7) is 15.4. The number of aliphatic hydroxyl groups is 1. The van der Waals surface area contributed by atoms with Crippen molar-refractivity contribution < 1.29 is 5.11 Å². The molecule has 1 N–H and O–H groups in total. The number of allylic oxidation sites excluding steroid dienone is 4. The Morgan fingerprint density at radius 1 is 1.43 bits per heavy atom. The van der Waals surface area contributed by atoms with Crippen LogP contribution in [0, 0.1) is 22.7 Å². The van der Waals surface area contributed by atoms with E-state index in [0.29, 0.717) is 23.9 Å². The fourth-order valence-electron chi connectivity index (χ4n) is 5.02. The normalized spacial score (nSPS) is 39.3. The monoisotopic (exact) mass is 288 g/mol. The van der Waals surface area contributed by atoms with Gasteiger partial charge < -0.3 is 5.11 Å². The molecule has 0 saturated heterocycles. The molecule has 1 saturated carbocycles. The molecule has 1 fully saturated rings. The van der Waals surface area contributed by atoms with Crippen LogP contribution in [0.4, 0.5) is 0 Å². The minimum atomic E-state index is 0.212. The predicted molar refractivity (Wildman–Crippen MR) is 91.1 cm³/mol. The van der Waals surface area contributed by atoms with E-state index in [9.17, 15) is 5.11 Å². The molecule has 4 atom stereocenters. The quantitative estimate of drug-likeness (QED) is 0.539. The lowest BCUT2D eigenvalue weighted by Crippen LogP contribution is -2.51. The Bertz CT molecular complexity index is 447. The number of aliphatic hydroxyl groups excluding tert-OH is 1. The highest BCUT2D eigenvalue weighted by Crippen LogP contribution is 2.61. The first-order chi connectivity index (χ1) is 9.88. The molecule has 0 heterocycles. The van der Waals surface area contributed by atoms with Gasteiger partial charge in [-0.05, 0) is 68.1 Å². The highest BCUT2D eigenvalue weighted by Gasteiger charge is 2.53. The summed E-state index contributed by atoms with van der Waals surface area (Å²) in [6, 6.07) is 0. The molecule has 1 nitrogen and oxygen atoms in total. The largest absolute Gasteiger partial charge is 0.396 e. The lowest BCUT2D eigenvalue weighted by Gasteiger charge is -2.58. The van der Waals surface area contributed by atoms with E-state index in [2.05, 4.69) is 40.0 Å². The summed E-state index contributed by atoms with van der Waals surface area (Å²) in [7, 11) is 0. The average Bonchev–Trinajstić information content (AvgIpc) is 2.47. The molecule has 0 bridgehead atoms. The second-order valence-corrected chi connectivity index (χ2v) is 7.72. The Morgan fingerprint density at radius 3 is 2.76 bits per heavy atom. The Kier molecular flexibility index (Phi) is 4.82. The van der Waals surface area contributed by atoms with Crippen molar-refractivity contribution in [2.24, 2.45) is 22.7 Å². The van der Waals surface area contributed by atoms with Gasteiger partial charge in [-0.25, -0.2) is 0 Å². The van der Waals surface area contributed by atoms with E-state index in [1.807, 2.05) is 6.08 Å². The maximum Gasteiger partial charge on any atom is 0.0464 e. The summed E-state index contributed by atoms with van der Waals surface area (Å²) < 4.78 is 0. The van der Waals surface area contributed by atoms with Gasteiger partial charge in [0.25, 0.3) is 0 Å². The predicted octanol–water partition coefficient (Wildman–Crippen LogP) is 5.28. The Morgan fingerprint density at radius 2 is 2.14 bits per heavy atom. The van der Waals surface area contributed by atoms with Gasteiger partial charge >= 0.3 is 0 Å². The topological polar surface area (TPSA) is 20.2 Å². The van der Waals surface area contributed by atoms with Crippen molar-refractivity contribution >= 4 is 0 Å². The molecule has 0 aromatic heterocycles. The van der Waals surface area contributed by atoms with Crippen LogP contribution in [0.5, 0.6) is 0 Å². The maximum atomic E-state index is 9.93. The third kappa shape index (κ3) is 2.77. The molecule has 2 aliphatic carbocycles.